The predicted octanol–water partition coefficient (Wildman–Crippen LogP) is 5.69. The third-order valence-electron chi connectivity index (χ3n) is 6.44. The SMILES string of the molecule is COc1ccc(CN(C)CNc2ccc(/C(=C3\C(=O)Nc4ccc(N)cc43)c3ccccc3)cc2)cc1. The van der Waals surface area contributed by atoms with Crippen molar-refractivity contribution in [1.29, 1.82) is 0 Å². The second-order valence-electron chi connectivity index (χ2n) is 9.15. The van der Waals surface area contributed by atoms with E-state index in [-0.39, 0.29) is 5.91 Å². The second-order valence-corrected chi connectivity index (χ2v) is 9.15. The van der Waals surface area contributed by atoms with Crippen LogP contribution in [0, 0.1) is 0 Å². The van der Waals surface area contributed by atoms with Crippen molar-refractivity contribution < 1.29 is 9.53 Å². The van der Waals surface area contributed by atoms with Crippen molar-refractivity contribution in [3.05, 3.63) is 119 Å². The molecule has 0 atom stereocenters. The van der Waals surface area contributed by atoms with Gasteiger partial charge in [-0.15, -0.1) is 0 Å². The number of nitrogens with two attached hydrogens (primary N) is 1. The molecular formula is C31H30N4O2. The van der Waals surface area contributed by atoms with Gasteiger partial charge in [-0.2, -0.15) is 0 Å². The summed E-state index contributed by atoms with van der Waals surface area (Å²) in [5.74, 6) is 0.735. The summed E-state index contributed by atoms with van der Waals surface area (Å²) in [5, 5.41) is 6.47. The van der Waals surface area contributed by atoms with Crippen molar-refractivity contribution in [3.63, 3.8) is 0 Å². The number of nitrogen functional groups attached to an aromatic ring is 1. The average molecular weight is 491 g/mol. The molecule has 4 aromatic rings. The largest absolute Gasteiger partial charge is 0.497 e. The molecule has 0 saturated heterocycles. The lowest BCUT2D eigenvalue weighted by atomic mass is 9.90. The number of benzene rings is 4. The molecule has 6 nitrogen and oxygen atoms in total. The van der Waals surface area contributed by atoms with E-state index in [1.165, 1.54) is 5.56 Å². The average Bonchev–Trinajstić information content (AvgIpc) is 3.24. The Morgan fingerprint density at radius 1 is 0.919 bits per heavy atom. The number of ether oxygens (including phenoxy) is 1. The van der Waals surface area contributed by atoms with E-state index >= 15 is 0 Å². The van der Waals surface area contributed by atoms with Gasteiger partial charge in [0.25, 0.3) is 5.91 Å². The molecule has 1 aliphatic rings. The maximum absolute atomic E-state index is 13.1. The Hall–Kier alpha value is -4.55. The standard InChI is InChI=1S/C31H30N4O2/c1-35(19-21-8-15-26(37-2)16-9-21)20-33-25-13-10-23(11-14-25)29(22-6-4-3-5-7-22)30-27-18-24(32)12-17-28(27)34-31(30)36/h3-18,33H,19-20,32H2,1-2H3,(H,34,36)/b30-29-. The number of fused-ring (bicyclic) bond motifs is 1. The van der Waals surface area contributed by atoms with Crippen LogP contribution in [0.25, 0.3) is 11.1 Å². The molecule has 0 spiro atoms. The highest BCUT2D eigenvalue weighted by Crippen LogP contribution is 2.40. The van der Waals surface area contributed by atoms with E-state index in [0.29, 0.717) is 17.9 Å². The van der Waals surface area contributed by atoms with Crippen molar-refractivity contribution in [2.75, 3.05) is 37.2 Å². The Morgan fingerprint density at radius 2 is 1.62 bits per heavy atom. The van der Waals surface area contributed by atoms with Crippen molar-refractivity contribution >= 4 is 34.1 Å². The lowest BCUT2D eigenvalue weighted by Crippen LogP contribution is -2.24. The summed E-state index contributed by atoms with van der Waals surface area (Å²) >= 11 is 0. The lowest BCUT2D eigenvalue weighted by molar-refractivity contribution is -0.110. The zero-order valence-electron chi connectivity index (χ0n) is 21.0. The van der Waals surface area contributed by atoms with Crippen molar-refractivity contribution in [2.24, 2.45) is 0 Å². The second kappa shape index (κ2) is 10.6. The van der Waals surface area contributed by atoms with E-state index < -0.39 is 0 Å². The van der Waals surface area contributed by atoms with Crippen LogP contribution in [0.3, 0.4) is 0 Å². The minimum Gasteiger partial charge on any atom is -0.497 e. The molecule has 0 aliphatic carbocycles. The number of amides is 1. The van der Waals surface area contributed by atoms with Crippen LogP contribution in [0.1, 0.15) is 22.3 Å². The number of nitrogens with zero attached hydrogens (tertiary/aromatic N) is 1. The third-order valence-corrected chi connectivity index (χ3v) is 6.44. The Bertz CT molecular complexity index is 1430. The zero-order valence-corrected chi connectivity index (χ0v) is 21.0. The zero-order chi connectivity index (χ0) is 25.8. The molecule has 0 unspecified atom stereocenters. The summed E-state index contributed by atoms with van der Waals surface area (Å²) in [5.41, 5.74) is 14.0. The van der Waals surface area contributed by atoms with Crippen molar-refractivity contribution in [2.45, 2.75) is 6.54 Å². The van der Waals surface area contributed by atoms with Crippen molar-refractivity contribution in [3.8, 4) is 5.75 Å². The highest BCUT2D eigenvalue weighted by atomic mass is 16.5. The van der Waals surface area contributed by atoms with E-state index in [1.807, 2.05) is 66.7 Å². The van der Waals surface area contributed by atoms with Crippen molar-refractivity contribution in [1.82, 2.24) is 4.90 Å². The van der Waals surface area contributed by atoms with Gasteiger partial charge in [0, 0.05) is 34.7 Å². The summed E-state index contributed by atoms with van der Waals surface area (Å²) in [7, 11) is 3.75. The molecule has 0 fully saturated rings. The molecule has 5 rings (SSSR count). The number of carbonyl (C=O) groups excluding carboxylic acids is 1. The summed E-state index contributed by atoms with van der Waals surface area (Å²) in [4.78, 5) is 15.3. The highest BCUT2D eigenvalue weighted by Gasteiger charge is 2.28. The van der Waals surface area contributed by atoms with Crippen LogP contribution in [0.2, 0.25) is 0 Å². The monoisotopic (exact) mass is 490 g/mol. The Morgan fingerprint density at radius 3 is 2.32 bits per heavy atom. The summed E-state index contributed by atoms with van der Waals surface area (Å²) < 4.78 is 5.24. The highest BCUT2D eigenvalue weighted by molar-refractivity contribution is 6.38. The normalized spacial score (nSPS) is 13.8. The lowest BCUT2D eigenvalue weighted by Gasteiger charge is -2.19. The fourth-order valence-corrected chi connectivity index (χ4v) is 4.57. The van der Waals surface area contributed by atoms with Gasteiger partial charge in [-0.1, -0.05) is 54.6 Å². The molecule has 0 aromatic heterocycles. The van der Waals surface area contributed by atoms with E-state index in [1.54, 1.807) is 13.2 Å². The number of anilines is 3. The van der Waals surface area contributed by atoms with Crippen LogP contribution in [-0.2, 0) is 11.3 Å². The van der Waals surface area contributed by atoms with E-state index in [9.17, 15) is 4.79 Å². The van der Waals surface area contributed by atoms with Crippen LogP contribution < -0.4 is 21.1 Å². The topological polar surface area (TPSA) is 79.6 Å². The first-order valence-corrected chi connectivity index (χ1v) is 12.2. The quantitative estimate of drug-likeness (QED) is 0.168. The molecule has 1 heterocycles. The Balaban J connectivity index is 1.38. The Kier molecular flexibility index (Phi) is 6.92. The summed E-state index contributed by atoms with van der Waals surface area (Å²) in [6.45, 7) is 1.50. The van der Waals surface area contributed by atoms with Crippen LogP contribution >= 0.6 is 0 Å². The smallest absolute Gasteiger partial charge is 0.257 e. The van der Waals surface area contributed by atoms with Gasteiger partial charge in [-0.05, 0) is 66.2 Å². The fraction of sp³-hybridized carbons (Fsp3) is 0.129. The molecule has 186 valence electrons. The van der Waals surface area contributed by atoms with Crippen LogP contribution in [0.5, 0.6) is 5.75 Å². The number of hydrogen-bond acceptors (Lipinski definition) is 5. The molecule has 37 heavy (non-hydrogen) atoms. The minimum absolute atomic E-state index is 0.123. The van der Waals surface area contributed by atoms with Crippen LogP contribution in [-0.4, -0.2) is 31.6 Å². The number of nitrogens with one attached hydrogen (secondary N) is 2. The van der Waals surface area contributed by atoms with Crippen LogP contribution in [0.15, 0.2) is 97.1 Å². The van der Waals surface area contributed by atoms with Gasteiger partial charge in [0.15, 0.2) is 0 Å². The molecule has 6 heteroatoms. The molecule has 1 aliphatic heterocycles. The molecule has 4 aromatic carbocycles. The third kappa shape index (κ3) is 5.34. The first-order valence-electron chi connectivity index (χ1n) is 12.2. The maximum atomic E-state index is 13.1. The van der Waals surface area contributed by atoms with Gasteiger partial charge in [-0.25, -0.2) is 0 Å². The number of carbonyl (C=O) groups is 1. The summed E-state index contributed by atoms with van der Waals surface area (Å²) in [6.07, 6.45) is 0. The summed E-state index contributed by atoms with van der Waals surface area (Å²) in [6, 6.07) is 31.8. The van der Waals surface area contributed by atoms with Gasteiger partial charge < -0.3 is 21.1 Å². The van der Waals surface area contributed by atoms with E-state index in [4.69, 9.17) is 10.5 Å². The van der Waals surface area contributed by atoms with Gasteiger partial charge in [-0.3, -0.25) is 9.69 Å². The van der Waals surface area contributed by atoms with E-state index in [2.05, 4.69) is 46.8 Å². The van der Waals surface area contributed by atoms with Gasteiger partial charge in [0.05, 0.1) is 19.4 Å². The van der Waals surface area contributed by atoms with Gasteiger partial charge in [0.2, 0.25) is 0 Å². The molecule has 0 saturated carbocycles. The first kappa shape index (κ1) is 24.2. The first-order chi connectivity index (χ1) is 18.0. The number of hydrogen-bond donors (Lipinski definition) is 3. The van der Waals surface area contributed by atoms with Crippen LogP contribution in [0.4, 0.5) is 17.1 Å². The minimum atomic E-state index is -0.123. The fourth-order valence-electron chi connectivity index (χ4n) is 4.57. The molecule has 0 radical (unpaired) electrons. The maximum Gasteiger partial charge on any atom is 0.257 e. The molecule has 0 bridgehead atoms. The Labute approximate surface area is 217 Å². The number of rotatable bonds is 8. The molecule has 4 N–H and O–H groups in total. The van der Waals surface area contributed by atoms with Gasteiger partial charge in [0.1, 0.15) is 5.75 Å². The van der Waals surface area contributed by atoms with Gasteiger partial charge >= 0.3 is 0 Å². The predicted molar refractivity (Wildman–Crippen MR) is 151 cm³/mol. The molecular weight excluding hydrogens is 460 g/mol. The van der Waals surface area contributed by atoms with E-state index in [0.717, 1.165) is 45.9 Å². The molecule has 1 amide bonds. The number of methoxy groups -OCH3 is 1.